The van der Waals surface area contributed by atoms with E-state index in [9.17, 15) is 9.90 Å². The van der Waals surface area contributed by atoms with Crippen LogP contribution in [0, 0.1) is 6.92 Å². The van der Waals surface area contributed by atoms with E-state index in [0.29, 0.717) is 37.3 Å². The first-order valence-corrected chi connectivity index (χ1v) is 10.0. The Kier molecular flexibility index (Phi) is 5.37. The predicted molar refractivity (Wildman–Crippen MR) is 105 cm³/mol. The molecule has 29 heavy (non-hydrogen) atoms. The minimum Gasteiger partial charge on any atom is -0.388 e. The van der Waals surface area contributed by atoms with Crippen LogP contribution in [-0.2, 0) is 11.3 Å². The van der Waals surface area contributed by atoms with Crippen molar-refractivity contribution < 1.29 is 14.6 Å². The van der Waals surface area contributed by atoms with Gasteiger partial charge >= 0.3 is 0 Å². The van der Waals surface area contributed by atoms with Gasteiger partial charge in [0.2, 0.25) is 0 Å². The molecule has 1 spiro atoms. The summed E-state index contributed by atoms with van der Waals surface area (Å²) in [5.41, 5.74) is 0.0442. The maximum atomic E-state index is 12.7. The van der Waals surface area contributed by atoms with Crippen molar-refractivity contribution in [2.45, 2.75) is 56.9 Å². The lowest BCUT2D eigenvalue weighted by Crippen LogP contribution is -2.69. The second kappa shape index (κ2) is 7.81. The zero-order chi connectivity index (χ0) is 20.5. The Bertz CT molecular complexity index is 832. The normalized spacial score (nSPS) is 27.1. The number of likely N-dealkylation sites (tertiary alicyclic amines) is 1. The molecule has 0 saturated carbocycles. The smallest absolute Gasteiger partial charge is 0.254 e. The molecule has 9 heteroatoms. The molecule has 2 aliphatic rings. The lowest BCUT2D eigenvalue weighted by atomic mass is 9.73. The van der Waals surface area contributed by atoms with Crippen molar-refractivity contribution in [3.8, 4) is 0 Å². The average Bonchev–Trinajstić information content (AvgIpc) is 3.21. The quantitative estimate of drug-likeness (QED) is 0.695. The Morgan fingerprint density at radius 3 is 2.72 bits per heavy atom. The molecular formula is C20H28N6O3. The molecule has 4 heterocycles. The number of aryl methyl sites for hydroxylation is 1. The van der Waals surface area contributed by atoms with Gasteiger partial charge in [0.05, 0.1) is 16.7 Å². The van der Waals surface area contributed by atoms with E-state index in [2.05, 4.69) is 30.4 Å². The standard InChI is InChI=1S/C20H28N6O3/c1-14-21-11-15(12-22-14)17(27)24-19(2)6-10-29-20(18(19)28)4-8-26(9-5-20)13-16-3-7-23-25-16/h3,7,11-12,18,28H,4-6,8-10,13H2,1-2H3,(H,23,25)(H,24,27)/t18-,19+/m1/s1. The number of rotatable bonds is 4. The number of ether oxygens (including phenoxy) is 1. The Balaban J connectivity index is 1.42. The van der Waals surface area contributed by atoms with Gasteiger partial charge in [-0.15, -0.1) is 0 Å². The highest BCUT2D eigenvalue weighted by molar-refractivity contribution is 5.94. The maximum absolute atomic E-state index is 12.7. The second-order valence-corrected chi connectivity index (χ2v) is 8.31. The number of hydrogen-bond donors (Lipinski definition) is 3. The number of nitrogens with one attached hydrogen (secondary N) is 2. The minimum absolute atomic E-state index is 0.278. The van der Waals surface area contributed by atoms with Gasteiger partial charge in [-0.25, -0.2) is 9.97 Å². The number of nitrogens with zero attached hydrogens (tertiary/aromatic N) is 4. The first-order chi connectivity index (χ1) is 13.9. The molecule has 0 unspecified atom stereocenters. The van der Waals surface area contributed by atoms with Crippen LogP contribution in [0.1, 0.15) is 48.1 Å². The van der Waals surface area contributed by atoms with E-state index in [1.165, 1.54) is 12.4 Å². The molecule has 4 rings (SSSR count). The van der Waals surface area contributed by atoms with Crippen LogP contribution >= 0.6 is 0 Å². The molecular weight excluding hydrogens is 372 g/mol. The number of H-pyrrole nitrogens is 1. The Hall–Kier alpha value is -2.36. The number of aliphatic hydroxyl groups is 1. The van der Waals surface area contributed by atoms with Gasteiger partial charge in [0.1, 0.15) is 11.9 Å². The SMILES string of the molecule is Cc1ncc(C(=O)N[C@@]2(C)CCOC3(CCN(Cc4ccn[nH]4)CC3)[C@@H]2O)cn1. The number of aliphatic hydroxyl groups excluding tert-OH is 1. The van der Waals surface area contributed by atoms with Crippen molar-refractivity contribution >= 4 is 5.91 Å². The van der Waals surface area contributed by atoms with E-state index in [0.717, 1.165) is 25.3 Å². The summed E-state index contributed by atoms with van der Waals surface area (Å²) in [4.78, 5) is 23.2. The zero-order valence-corrected chi connectivity index (χ0v) is 16.9. The molecule has 1 amide bonds. The minimum atomic E-state index is -0.798. The van der Waals surface area contributed by atoms with Crippen molar-refractivity contribution in [1.82, 2.24) is 30.4 Å². The van der Waals surface area contributed by atoms with Crippen LogP contribution in [0.2, 0.25) is 0 Å². The molecule has 2 aromatic heterocycles. The molecule has 0 bridgehead atoms. The molecule has 156 valence electrons. The van der Waals surface area contributed by atoms with Crippen LogP contribution in [0.3, 0.4) is 0 Å². The lowest BCUT2D eigenvalue weighted by molar-refractivity contribution is -0.206. The number of aromatic nitrogens is 4. The highest BCUT2D eigenvalue weighted by Crippen LogP contribution is 2.40. The molecule has 0 aliphatic carbocycles. The van der Waals surface area contributed by atoms with Crippen LogP contribution in [0.15, 0.2) is 24.7 Å². The van der Waals surface area contributed by atoms with Gasteiger partial charge in [0.15, 0.2) is 0 Å². The Morgan fingerprint density at radius 2 is 2.07 bits per heavy atom. The number of aromatic amines is 1. The molecule has 2 aliphatic heterocycles. The number of piperidine rings is 1. The molecule has 2 atom stereocenters. The third-order valence-electron chi connectivity index (χ3n) is 6.21. The first kappa shape index (κ1) is 19.9. The summed E-state index contributed by atoms with van der Waals surface area (Å²) in [5, 5.41) is 21.3. The summed E-state index contributed by atoms with van der Waals surface area (Å²) in [7, 11) is 0. The van der Waals surface area contributed by atoms with Crippen LogP contribution in [-0.4, -0.2) is 73.0 Å². The van der Waals surface area contributed by atoms with Gasteiger partial charge in [-0.2, -0.15) is 5.10 Å². The first-order valence-electron chi connectivity index (χ1n) is 10.0. The van der Waals surface area contributed by atoms with Gasteiger partial charge in [0, 0.05) is 50.5 Å². The average molecular weight is 400 g/mol. The topological polar surface area (TPSA) is 116 Å². The Morgan fingerprint density at radius 1 is 1.34 bits per heavy atom. The molecule has 9 nitrogen and oxygen atoms in total. The van der Waals surface area contributed by atoms with Gasteiger partial charge in [-0.3, -0.25) is 14.8 Å². The van der Waals surface area contributed by atoms with Gasteiger partial charge in [-0.1, -0.05) is 0 Å². The van der Waals surface area contributed by atoms with Crippen LogP contribution < -0.4 is 5.32 Å². The summed E-state index contributed by atoms with van der Waals surface area (Å²) in [6.07, 6.45) is 5.94. The summed E-state index contributed by atoms with van der Waals surface area (Å²) in [6.45, 7) is 6.59. The monoisotopic (exact) mass is 400 g/mol. The summed E-state index contributed by atoms with van der Waals surface area (Å²) >= 11 is 0. The third-order valence-corrected chi connectivity index (χ3v) is 6.21. The van der Waals surface area contributed by atoms with Gasteiger partial charge in [-0.05, 0) is 39.2 Å². The molecule has 3 N–H and O–H groups in total. The third kappa shape index (κ3) is 4.03. The molecule has 0 radical (unpaired) electrons. The zero-order valence-electron chi connectivity index (χ0n) is 16.9. The number of hydrogen-bond acceptors (Lipinski definition) is 7. The Labute approximate surface area is 169 Å². The van der Waals surface area contributed by atoms with Gasteiger partial charge < -0.3 is 15.2 Å². The maximum Gasteiger partial charge on any atom is 0.254 e. The summed E-state index contributed by atoms with van der Waals surface area (Å²) in [5.74, 6) is 0.333. The van der Waals surface area contributed by atoms with E-state index in [1.807, 2.05) is 13.0 Å². The highest BCUT2D eigenvalue weighted by atomic mass is 16.5. The highest BCUT2D eigenvalue weighted by Gasteiger charge is 2.53. The van der Waals surface area contributed by atoms with E-state index in [4.69, 9.17) is 4.74 Å². The second-order valence-electron chi connectivity index (χ2n) is 8.31. The molecule has 2 saturated heterocycles. The van der Waals surface area contributed by atoms with Crippen molar-refractivity contribution in [3.05, 3.63) is 41.7 Å². The molecule has 2 fully saturated rings. The molecule has 2 aromatic rings. The number of amides is 1. The van der Waals surface area contributed by atoms with Crippen LogP contribution in [0.5, 0.6) is 0 Å². The van der Waals surface area contributed by atoms with E-state index in [-0.39, 0.29) is 5.91 Å². The van der Waals surface area contributed by atoms with Crippen LogP contribution in [0.4, 0.5) is 0 Å². The van der Waals surface area contributed by atoms with Gasteiger partial charge in [0.25, 0.3) is 5.91 Å². The number of carbonyl (C=O) groups is 1. The van der Waals surface area contributed by atoms with E-state index < -0.39 is 17.2 Å². The van der Waals surface area contributed by atoms with Crippen LogP contribution in [0.25, 0.3) is 0 Å². The molecule has 0 aromatic carbocycles. The van der Waals surface area contributed by atoms with Crippen molar-refractivity contribution in [3.63, 3.8) is 0 Å². The fourth-order valence-corrected chi connectivity index (χ4v) is 4.36. The summed E-state index contributed by atoms with van der Waals surface area (Å²) < 4.78 is 6.13. The van der Waals surface area contributed by atoms with E-state index >= 15 is 0 Å². The number of carbonyl (C=O) groups excluding carboxylic acids is 1. The lowest BCUT2D eigenvalue weighted by Gasteiger charge is -2.53. The fraction of sp³-hybridized carbons (Fsp3) is 0.600. The van der Waals surface area contributed by atoms with Crippen molar-refractivity contribution in [2.75, 3.05) is 19.7 Å². The van der Waals surface area contributed by atoms with Crippen molar-refractivity contribution in [1.29, 1.82) is 0 Å². The largest absolute Gasteiger partial charge is 0.388 e. The van der Waals surface area contributed by atoms with E-state index in [1.54, 1.807) is 13.1 Å². The fourth-order valence-electron chi connectivity index (χ4n) is 4.36. The predicted octanol–water partition coefficient (Wildman–Crippen LogP) is 0.813. The van der Waals surface area contributed by atoms with Crippen molar-refractivity contribution in [2.24, 2.45) is 0 Å². The summed E-state index contributed by atoms with van der Waals surface area (Å²) in [6, 6.07) is 1.97.